The van der Waals surface area contributed by atoms with Gasteiger partial charge in [0, 0.05) is 0 Å². The molecule has 1 atom stereocenters. The quantitative estimate of drug-likeness (QED) is 0.640. The number of aliphatic imine (C=N–C) groups is 2. The fourth-order valence-corrected chi connectivity index (χ4v) is 3.68. The SMILES string of the molecule is O=C1NC2(c3ccc(F)cc3)C(=NC=Nc3[nH]cnc32)N1Cc1ccc(O)cc1. The molecule has 1 aromatic heterocycles. The zero-order valence-corrected chi connectivity index (χ0v) is 15.0. The highest BCUT2D eigenvalue weighted by atomic mass is 19.1. The molecule has 0 bridgehead atoms. The van der Waals surface area contributed by atoms with Crippen LogP contribution in [0.3, 0.4) is 0 Å². The van der Waals surface area contributed by atoms with Gasteiger partial charge in [0.05, 0.1) is 12.9 Å². The molecule has 29 heavy (non-hydrogen) atoms. The molecule has 8 nitrogen and oxygen atoms in total. The molecule has 1 fully saturated rings. The maximum Gasteiger partial charge on any atom is 0.324 e. The standard InChI is InChI=1S/C20H15FN6O2/c21-14-5-3-13(4-6-14)20-16-17(23-10-22-16)24-11-25-18(20)27(19(29)26-20)9-12-1-7-15(28)8-2-12/h1-8,10-11,28H,9H2,(H,22,23)(H,26,29). The third-order valence-corrected chi connectivity index (χ3v) is 5.03. The molecule has 0 saturated carbocycles. The number of imidazole rings is 1. The molecule has 3 heterocycles. The zero-order valence-electron chi connectivity index (χ0n) is 15.0. The number of rotatable bonds is 3. The van der Waals surface area contributed by atoms with E-state index in [0.717, 1.165) is 5.56 Å². The fourth-order valence-electron chi connectivity index (χ4n) is 3.68. The number of benzene rings is 2. The molecule has 9 heteroatoms. The first-order chi connectivity index (χ1) is 14.1. The number of hydrogen-bond acceptors (Lipinski definition) is 5. The van der Waals surface area contributed by atoms with E-state index in [1.807, 2.05) is 0 Å². The van der Waals surface area contributed by atoms with Crippen LogP contribution in [0.25, 0.3) is 0 Å². The summed E-state index contributed by atoms with van der Waals surface area (Å²) in [6, 6.07) is 12.0. The molecule has 3 aromatic rings. The van der Waals surface area contributed by atoms with Crippen LogP contribution in [0.15, 0.2) is 64.8 Å². The van der Waals surface area contributed by atoms with Crippen LogP contribution in [-0.2, 0) is 12.1 Å². The average molecular weight is 390 g/mol. The summed E-state index contributed by atoms with van der Waals surface area (Å²) >= 11 is 0. The summed E-state index contributed by atoms with van der Waals surface area (Å²) in [7, 11) is 0. The number of carbonyl (C=O) groups is 1. The number of nitrogens with one attached hydrogen (secondary N) is 2. The van der Waals surface area contributed by atoms with Crippen molar-refractivity contribution in [3.63, 3.8) is 0 Å². The van der Waals surface area contributed by atoms with Crippen LogP contribution in [0.4, 0.5) is 15.0 Å². The van der Waals surface area contributed by atoms with Crippen LogP contribution < -0.4 is 5.32 Å². The van der Waals surface area contributed by atoms with E-state index >= 15 is 0 Å². The molecular formula is C20H15FN6O2. The molecule has 2 aromatic carbocycles. The number of phenolic OH excluding ortho intramolecular Hbond substituents is 1. The van der Waals surface area contributed by atoms with E-state index in [9.17, 15) is 14.3 Å². The smallest absolute Gasteiger partial charge is 0.324 e. The largest absolute Gasteiger partial charge is 0.508 e. The van der Waals surface area contributed by atoms with Gasteiger partial charge < -0.3 is 15.4 Å². The Morgan fingerprint density at radius 3 is 2.62 bits per heavy atom. The van der Waals surface area contributed by atoms with Gasteiger partial charge in [0.15, 0.2) is 17.2 Å². The monoisotopic (exact) mass is 390 g/mol. The highest BCUT2D eigenvalue weighted by molar-refractivity contribution is 6.15. The van der Waals surface area contributed by atoms with Gasteiger partial charge in [0.25, 0.3) is 0 Å². The number of carbonyl (C=O) groups excluding carboxylic acids is 1. The number of aromatic amines is 1. The lowest BCUT2D eigenvalue weighted by Crippen LogP contribution is -2.45. The summed E-state index contributed by atoms with van der Waals surface area (Å²) in [6.45, 7) is 0.224. The van der Waals surface area contributed by atoms with E-state index < -0.39 is 5.54 Å². The minimum atomic E-state index is -1.21. The lowest BCUT2D eigenvalue weighted by atomic mass is 9.85. The van der Waals surface area contributed by atoms with Crippen LogP contribution >= 0.6 is 0 Å². The average Bonchev–Trinajstić information content (AvgIpc) is 3.25. The topological polar surface area (TPSA) is 106 Å². The first kappa shape index (κ1) is 17.1. The van der Waals surface area contributed by atoms with Crippen molar-refractivity contribution in [3.8, 4) is 5.75 Å². The fraction of sp³-hybridized carbons (Fsp3) is 0.100. The second-order valence-corrected chi connectivity index (χ2v) is 6.74. The van der Waals surface area contributed by atoms with E-state index in [-0.39, 0.29) is 24.1 Å². The van der Waals surface area contributed by atoms with Crippen LogP contribution in [0, 0.1) is 5.82 Å². The number of fused-ring (bicyclic) bond motifs is 3. The van der Waals surface area contributed by atoms with Gasteiger partial charge in [0.1, 0.15) is 23.6 Å². The molecule has 1 unspecified atom stereocenters. The van der Waals surface area contributed by atoms with Crippen molar-refractivity contribution >= 4 is 24.0 Å². The van der Waals surface area contributed by atoms with Crippen LogP contribution in [0.2, 0.25) is 0 Å². The summed E-state index contributed by atoms with van der Waals surface area (Å²) in [5, 5.41) is 12.5. The van der Waals surface area contributed by atoms with Crippen LogP contribution in [-0.4, -0.2) is 38.2 Å². The first-order valence-corrected chi connectivity index (χ1v) is 8.86. The van der Waals surface area contributed by atoms with Crippen molar-refractivity contribution in [2.75, 3.05) is 0 Å². The third kappa shape index (κ3) is 2.59. The Hall–Kier alpha value is -4.01. The normalized spacial score (nSPS) is 20.0. The lowest BCUT2D eigenvalue weighted by Gasteiger charge is -2.28. The van der Waals surface area contributed by atoms with E-state index in [1.165, 1.54) is 29.7 Å². The maximum absolute atomic E-state index is 13.6. The van der Waals surface area contributed by atoms with Gasteiger partial charge in [-0.05, 0) is 35.4 Å². The van der Waals surface area contributed by atoms with E-state index in [0.29, 0.717) is 22.9 Å². The molecule has 0 aliphatic carbocycles. The number of aromatic nitrogens is 2. The van der Waals surface area contributed by atoms with Crippen molar-refractivity contribution < 1.29 is 14.3 Å². The number of hydrogen-bond donors (Lipinski definition) is 3. The molecule has 1 saturated heterocycles. The first-order valence-electron chi connectivity index (χ1n) is 8.86. The molecule has 2 amide bonds. The summed E-state index contributed by atoms with van der Waals surface area (Å²) in [6.07, 6.45) is 2.85. The summed E-state index contributed by atoms with van der Waals surface area (Å²) in [5.74, 6) is 0.595. The molecule has 3 N–H and O–H groups in total. The van der Waals surface area contributed by atoms with Gasteiger partial charge in [-0.3, -0.25) is 4.90 Å². The predicted octanol–water partition coefficient (Wildman–Crippen LogP) is 2.80. The van der Waals surface area contributed by atoms with Crippen molar-refractivity contribution in [2.24, 2.45) is 9.98 Å². The second-order valence-electron chi connectivity index (χ2n) is 6.74. The number of amidine groups is 1. The number of aromatic hydroxyl groups is 1. The Morgan fingerprint density at radius 2 is 1.86 bits per heavy atom. The molecule has 2 aliphatic heterocycles. The third-order valence-electron chi connectivity index (χ3n) is 5.03. The minimum Gasteiger partial charge on any atom is -0.508 e. The van der Waals surface area contributed by atoms with Crippen molar-refractivity contribution in [3.05, 3.63) is 77.5 Å². The van der Waals surface area contributed by atoms with Gasteiger partial charge in [-0.15, -0.1) is 0 Å². The van der Waals surface area contributed by atoms with Crippen molar-refractivity contribution in [1.29, 1.82) is 0 Å². The molecular weight excluding hydrogens is 375 g/mol. The van der Waals surface area contributed by atoms with Crippen molar-refractivity contribution in [1.82, 2.24) is 20.2 Å². The molecule has 2 aliphatic rings. The highest BCUT2D eigenvalue weighted by Gasteiger charge is 2.54. The Morgan fingerprint density at radius 1 is 1.10 bits per heavy atom. The van der Waals surface area contributed by atoms with E-state index in [1.54, 1.807) is 36.4 Å². The minimum absolute atomic E-state index is 0.139. The van der Waals surface area contributed by atoms with Gasteiger partial charge in [-0.25, -0.2) is 24.2 Å². The second kappa shape index (κ2) is 6.26. The Bertz CT molecular complexity index is 1150. The number of phenols is 1. The number of urea groups is 1. The van der Waals surface area contributed by atoms with Crippen LogP contribution in [0.1, 0.15) is 16.8 Å². The number of amides is 2. The maximum atomic E-state index is 13.6. The number of H-pyrrole nitrogens is 1. The number of nitrogens with zero attached hydrogens (tertiary/aromatic N) is 4. The summed E-state index contributed by atoms with van der Waals surface area (Å²) in [5.41, 5.74) is 0.670. The molecule has 144 valence electrons. The molecule has 5 rings (SSSR count). The van der Waals surface area contributed by atoms with E-state index in [4.69, 9.17) is 0 Å². The Balaban J connectivity index is 1.66. The number of halogens is 1. The summed E-state index contributed by atoms with van der Waals surface area (Å²) in [4.78, 5) is 30.6. The summed E-state index contributed by atoms with van der Waals surface area (Å²) < 4.78 is 13.6. The van der Waals surface area contributed by atoms with Crippen molar-refractivity contribution in [2.45, 2.75) is 12.1 Å². The van der Waals surface area contributed by atoms with Gasteiger partial charge in [-0.2, -0.15) is 0 Å². The molecule has 0 radical (unpaired) electrons. The van der Waals surface area contributed by atoms with Crippen LogP contribution in [0.5, 0.6) is 5.75 Å². The highest BCUT2D eigenvalue weighted by Crippen LogP contribution is 2.41. The van der Waals surface area contributed by atoms with Gasteiger partial charge in [0.2, 0.25) is 0 Å². The Kier molecular flexibility index (Phi) is 3.70. The van der Waals surface area contributed by atoms with Gasteiger partial charge in [-0.1, -0.05) is 24.3 Å². The van der Waals surface area contributed by atoms with E-state index in [2.05, 4.69) is 25.3 Å². The van der Waals surface area contributed by atoms with Gasteiger partial charge >= 0.3 is 6.03 Å². The zero-order chi connectivity index (χ0) is 20.0. The lowest BCUT2D eigenvalue weighted by molar-refractivity contribution is 0.225. The Labute approximate surface area is 164 Å². The predicted molar refractivity (Wildman–Crippen MR) is 104 cm³/mol. The molecule has 0 spiro atoms.